The highest BCUT2D eigenvalue weighted by atomic mass is 16.5. The molecule has 6 amide bonds. The second-order valence-electron chi connectivity index (χ2n) is 12.9. The fourth-order valence-electron chi connectivity index (χ4n) is 5.26. The zero-order valence-electron chi connectivity index (χ0n) is 30.0. The van der Waals surface area contributed by atoms with Crippen molar-refractivity contribution in [1.82, 2.24) is 26.3 Å². The Hall–Kier alpha value is -6.05. The fraction of sp³-hybridized carbons (Fsp3) is 0.359. The number of benzene rings is 2. The van der Waals surface area contributed by atoms with Crippen molar-refractivity contribution in [3.05, 3.63) is 108 Å². The summed E-state index contributed by atoms with van der Waals surface area (Å²) in [6.07, 6.45) is 4.18. The summed E-state index contributed by atoms with van der Waals surface area (Å²) < 4.78 is 5.34. The summed E-state index contributed by atoms with van der Waals surface area (Å²) in [7, 11) is 0. The molecule has 0 saturated heterocycles. The monoisotopic (exact) mass is 727 g/mol. The zero-order chi connectivity index (χ0) is 38.6. The van der Waals surface area contributed by atoms with Gasteiger partial charge in [-0.25, -0.2) is 4.79 Å². The van der Waals surface area contributed by atoms with E-state index in [9.17, 15) is 28.8 Å². The normalized spacial score (nSPS) is 13.3. The number of nitrogens with two attached hydrogens (primary N) is 2. The Morgan fingerprint density at radius 3 is 1.85 bits per heavy atom. The summed E-state index contributed by atoms with van der Waals surface area (Å²) in [5, 5.41) is 10.9. The zero-order valence-corrected chi connectivity index (χ0v) is 30.0. The molecule has 14 heteroatoms. The summed E-state index contributed by atoms with van der Waals surface area (Å²) in [5.41, 5.74) is 12.9. The van der Waals surface area contributed by atoms with E-state index in [1.165, 1.54) is 0 Å². The van der Waals surface area contributed by atoms with Crippen LogP contribution in [0, 0.1) is 5.92 Å². The van der Waals surface area contributed by atoms with Gasteiger partial charge >= 0.3 is 6.09 Å². The van der Waals surface area contributed by atoms with Crippen molar-refractivity contribution in [3.8, 4) is 0 Å². The predicted octanol–water partition coefficient (Wildman–Crippen LogP) is 2.66. The number of nitrogens with zero attached hydrogens (tertiary/aromatic N) is 1. The molecule has 0 fully saturated rings. The fourth-order valence-corrected chi connectivity index (χ4v) is 5.26. The molecule has 0 spiro atoms. The van der Waals surface area contributed by atoms with E-state index in [0.717, 1.165) is 5.56 Å². The van der Waals surface area contributed by atoms with Crippen LogP contribution in [0.2, 0.25) is 0 Å². The van der Waals surface area contributed by atoms with E-state index in [-0.39, 0.29) is 51.0 Å². The molecule has 1 heterocycles. The van der Waals surface area contributed by atoms with Gasteiger partial charge in [-0.15, -0.1) is 0 Å². The Kier molecular flexibility index (Phi) is 17.2. The first-order chi connectivity index (χ1) is 25.4. The molecule has 0 radical (unpaired) electrons. The van der Waals surface area contributed by atoms with Gasteiger partial charge in [0, 0.05) is 31.5 Å². The van der Waals surface area contributed by atoms with Crippen molar-refractivity contribution in [2.24, 2.45) is 17.4 Å². The van der Waals surface area contributed by atoms with Gasteiger partial charge in [0.05, 0.1) is 5.69 Å². The van der Waals surface area contributed by atoms with E-state index in [1.807, 2.05) is 38.1 Å². The lowest BCUT2D eigenvalue weighted by Crippen LogP contribution is -2.58. The Bertz CT molecular complexity index is 1670. The Labute approximate surface area is 309 Å². The highest BCUT2D eigenvalue weighted by molar-refractivity contribution is 5.94. The van der Waals surface area contributed by atoms with Crippen LogP contribution >= 0.6 is 0 Å². The molecule has 0 aliphatic rings. The molecule has 0 saturated carbocycles. The quantitative estimate of drug-likeness (QED) is 0.0955. The number of pyridine rings is 1. The Morgan fingerprint density at radius 1 is 0.679 bits per heavy atom. The highest BCUT2D eigenvalue weighted by Gasteiger charge is 2.31. The molecule has 0 bridgehead atoms. The number of rotatable bonds is 21. The lowest BCUT2D eigenvalue weighted by Gasteiger charge is -2.26. The summed E-state index contributed by atoms with van der Waals surface area (Å²) in [4.78, 5) is 81.7. The number of ether oxygens (including phenoxy) is 1. The summed E-state index contributed by atoms with van der Waals surface area (Å²) in [5.74, 6) is -3.26. The van der Waals surface area contributed by atoms with Gasteiger partial charge < -0.3 is 37.5 Å². The first kappa shape index (κ1) is 41.4. The second-order valence-corrected chi connectivity index (χ2v) is 12.9. The molecular weight excluding hydrogens is 678 g/mol. The van der Waals surface area contributed by atoms with Gasteiger partial charge in [0.15, 0.2) is 0 Å². The van der Waals surface area contributed by atoms with E-state index in [0.29, 0.717) is 11.3 Å². The number of primary amides is 2. The van der Waals surface area contributed by atoms with E-state index in [1.54, 1.807) is 72.9 Å². The lowest BCUT2D eigenvalue weighted by molar-refractivity contribution is -0.133. The van der Waals surface area contributed by atoms with Crippen molar-refractivity contribution < 1.29 is 33.5 Å². The van der Waals surface area contributed by atoms with Crippen molar-refractivity contribution in [1.29, 1.82) is 0 Å². The van der Waals surface area contributed by atoms with Gasteiger partial charge in [-0.2, -0.15) is 0 Å². The lowest BCUT2D eigenvalue weighted by atomic mass is 10.0. The smallest absolute Gasteiger partial charge is 0.408 e. The average Bonchev–Trinajstić information content (AvgIpc) is 3.13. The second kappa shape index (κ2) is 22.0. The van der Waals surface area contributed by atoms with Gasteiger partial charge in [-0.1, -0.05) is 86.7 Å². The summed E-state index contributed by atoms with van der Waals surface area (Å²) in [6, 6.07) is 19.1. The third-order valence-electron chi connectivity index (χ3n) is 7.97. The molecule has 1 aromatic heterocycles. The standard InChI is InChI=1S/C39H49N7O7/c1-26(2)23-32(46-39(52)53-25-28-13-7-4-8-14-28)37(50)45-33(24-27-11-5-3-6-12-27)38(51)44-31(19-21-35(41)48)36(49)43-30(18-20-34(40)47)17-16-29-15-9-10-22-42-29/h3-17,22,26,30-33H,18-21,23-25H2,1-2H3,(H2,40,47)(H2,41,48)(H,43,49)(H,44,51)(H,45,50)(H,46,52)/b17-16+/t30-,31+,32+,33+/m1/s1. The molecule has 0 aliphatic carbocycles. The van der Waals surface area contributed by atoms with Gasteiger partial charge in [-0.05, 0) is 54.5 Å². The molecule has 14 nitrogen and oxygen atoms in total. The molecule has 282 valence electrons. The van der Waals surface area contributed by atoms with E-state index < -0.39 is 59.8 Å². The number of alkyl carbamates (subject to hydrolysis) is 1. The van der Waals surface area contributed by atoms with Crippen LogP contribution in [0.4, 0.5) is 4.79 Å². The summed E-state index contributed by atoms with van der Waals surface area (Å²) in [6.45, 7) is 3.77. The molecule has 0 aliphatic heterocycles. The van der Waals surface area contributed by atoms with Gasteiger partial charge in [0.2, 0.25) is 29.5 Å². The largest absolute Gasteiger partial charge is 0.445 e. The number of nitrogens with one attached hydrogen (secondary N) is 4. The molecule has 3 aromatic rings. The van der Waals surface area contributed by atoms with Crippen LogP contribution in [0.3, 0.4) is 0 Å². The topological polar surface area (TPSA) is 225 Å². The van der Waals surface area contributed by atoms with Crippen LogP contribution in [0.15, 0.2) is 91.1 Å². The van der Waals surface area contributed by atoms with Crippen LogP contribution in [0.1, 0.15) is 62.8 Å². The van der Waals surface area contributed by atoms with Gasteiger partial charge in [0.25, 0.3) is 0 Å². The average molecular weight is 728 g/mol. The molecule has 53 heavy (non-hydrogen) atoms. The number of amides is 6. The maximum absolute atomic E-state index is 14.0. The highest BCUT2D eigenvalue weighted by Crippen LogP contribution is 2.11. The first-order valence-electron chi connectivity index (χ1n) is 17.5. The Morgan fingerprint density at radius 2 is 1.25 bits per heavy atom. The third kappa shape index (κ3) is 16.2. The van der Waals surface area contributed by atoms with Crippen LogP contribution < -0.4 is 32.7 Å². The van der Waals surface area contributed by atoms with Gasteiger partial charge in [-0.3, -0.25) is 29.0 Å². The number of hydrogen-bond donors (Lipinski definition) is 6. The van der Waals surface area contributed by atoms with Crippen LogP contribution in [0.25, 0.3) is 6.08 Å². The number of carbonyl (C=O) groups excluding carboxylic acids is 6. The van der Waals surface area contributed by atoms with Crippen molar-refractivity contribution >= 4 is 41.7 Å². The SMILES string of the molecule is CC(C)C[C@H](NC(=O)OCc1ccccc1)C(=O)N[C@@H](Cc1ccccc1)C(=O)N[C@@H](CCC(N)=O)C(=O)N[C@H](/C=C/c1ccccn1)CCC(N)=O. The summed E-state index contributed by atoms with van der Waals surface area (Å²) >= 11 is 0. The Balaban J connectivity index is 1.81. The maximum atomic E-state index is 14.0. The molecular formula is C39H49N7O7. The molecule has 0 unspecified atom stereocenters. The molecule has 3 rings (SSSR count). The molecule has 2 aromatic carbocycles. The van der Waals surface area contributed by atoms with Crippen LogP contribution in [0.5, 0.6) is 0 Å². The number of aromatic nitrogens is 1. The number of hydrogen-bond acceptors (Lipinski definition) is 8. The van der Waals surface area contributed by atoms with Crippen LogP contribution in [-0.4, -0.2) is 64.8 Å². The predicted molar refractivity (Wildman–Crippen MR) is 199 cm³/mol. The van der Waals surface area contributed by atoms with E-state index in [4.69, 9.17) is 16.2 Å². The minimum atomic E-state index is -1.25. The van der Waals surface area contributed by atoms with Crippen molar-refractivity contribution in [3.63, 3.8) is 0 Å². The molecule has 4 atom stereocenters. The minimum Gasteiger partial charge on any atom is -0.445 e. The van der Waals surface area contributed by atoms with E-state index in [2.05, 4.69) is 26.3 Å². The molecule has 8 N–H and O–H groups in total. The van der Waals surface area contributed by atoms with Crippen molar-refractivity contribution in [2.75, 3.05) is 0 Å². The maximum Gasteiger partial charge on any atom is 0.408 e. The van der Waals surface area contributed by atoms with Crippen LogP contribution in [-0.2, 0) is 41.7 Å². The number of carbonyl (C=O) groups is 6. The third-order valence-corrected chi connectivity index (χ3v) is 7.97. The first-order valence-corrected chi connectivity index (χ1v) is 17.5. The van der Waals surface area contributed by atoms with Gasteiger partial charge in [0.1, 0.15) is 24.7 Å². The van der Waals surface area contributed by atoms with Crippen molar-refractivity contribution in [2.45, 2.75) is 83.1 Å². The minimum absolute atomic E-state index is 0.00118. The van der Waals surface area contributed by atoms with E-state index >= 15 is 0 Å².